The van der Waals surface area contributed by atoms with Gasteiger partial charge in [-0.25, -0.2) is 4.79 Å². The zero-order chi connectivity index (χ0) is 9.57. The first kappa shape index (κ1) is 9.26. The van der Waals surface area contributed by atoms with E-state index in [0.717, 1.165) is 0 Å². The van der Waals surface area contributed by atoms with Crippen molar-refractivity contribution in [1.29, 1.82) is 0 Å². The van der Waals surface area contributed by atoms with Gasteiger partial charge in [0.15, 0.2) is 0 Å². The minimum absolute atomic E-state index is 0.340. The summed E-state index contributed by atoms with van der Waals surface area (Å²) in [6, 6.07) is 0. The normalized spacial score (nSPS) is 25.2. The highest BCUT2D eigenvalue weighted by atomic mass is 16.5. The van der Waals surface area contributed by atoms with E-state index in [4.69, 9.17) is 9.84 Å². The van der Waals surface area contributed by atoms with Crippen molar-refractivity contribution in [1.82, 2.24) is 0 Å². The molecule has 0 aromatic heterocycles. The van der Waals surface area contributed by atoms with Crippen molar-refractivity contribution in [3.8, 4) is 0 Å². The van der Waals surface area contributed by atoms with Gasteiger partial charge in [-0.2, -0.15) is 0 Å². The van der Waals surface area contributed by atoms with Crippen LogP contribution in [0.4, 0.5) is 0 Å². The van der Waals surface area contributed by atoms with Crippen LogP contribution in [-0.4, -0.2) is 22.3 Å². The van der Waals surface area contributed by atoms with Crippen LogP contribution in [0, 0.1) is 0 Å². The Balaban J connectivity index is 3.04. The summed E-state index contributed by atoms with van der Waals surface area (Å²) >= 11 is 0. The molecule has 0 atom stereocenters. The summed E-state index contributed by atoms with van der Waals surface area (Å²) in [6.45, 7) is 7.23. The molecule has 68 valence electrons. The molecular weight excluding hydrogens is 156 g/mol. The summed E-state index contributed by atoms with van der Waals surface area (Å²) < 4.78 is 5.54. The van der Waals surface area contributed by atoms with Crippen LogP contribution in [-0.2, 0) is 9.53 Å². The van der Waals surface area contributed by atoms with Crippen molar-refractivity contribution < 1.29 is 14.6 Å². The lowest BCUT2D eigenvalue weighted by atomic mass is 9.99. The first-order chi connectivity index (χ1) is 5.25. The number of rotatable bonds is 1. The molecule has 0 saturated heterocycles. The number of ether oxygens (including phenoxy) is 1. The lowest BCUT2D eigenvalue weighted by Gasteiger charge is -2.25. The van der Waals surface area contributed by atoms with Crippen molar-refractivity contribution in [3.05, 3.63) is 11.6 Å². The average molecular weight is 170 g/mol. The second-order valence-electron chi connectivity index (χ2n) is 4.08. The van der Waals surface area contributed by atoms with E-state index in [2.05, 4.69) is 0 Å². The van der Waals surface area contributed by atoms with Gasteiger partial charge in [-0.1, -0.05) is 0 Å². The van der Waals surface area contributed by atoms with E-state index in [-0.39, 0.29) is 0 Å². The number of carboxylic acid groups (broad SMARTS) is 1. The molecule has 1 rings (SSSR count). The number of carbonyl (C=O) groups is 1. The van der Waals surface area contributed by atoms with Gasteiger partial charge in [0.25, 0.3) is 0 Å². The Bertz CT molecular complexity index is 248. The predicted octanol–water partition coefficient (Wildman–Crippen LogP) is 1.58. The van der Waals surface area contributed by atoms with E-state index in [9.17, 15) is 4.79 Å². The fourth-order valence-electron chi connectivity index (χ4n) is 1.58. The van der Waals surface area contributed by atoms with Crippen LogP contribution < -0.4 is 0 Å². The van der Waals surface area contributed by atoms with Crippen LogP contribution in [0.2, 0.25) is 0 Å². The third-order valence-electron chi connectivity index (χ3n) is 1.89. The van der Waals surface area contributed by atoms with E-state index < -0.39 is 17.2 Å². The maximum Gasteiger partial charge on any atom is 0.334 e. The van der Waals surface area contributed by atoms with E-state index in [1.165, 1.54) is 0 Å². The summed E-state index contributed by atoms with van der Waals surface area (Å²) in [5.74, 6) is -0.898. The molecule has 0 radical (unpaired) electrons. The number of hydrogen-bond donors (Lipinski definition) is 1. The Morgan fingerprint density at radius 2 is 1.92 bits per heavy atom. The van der Waals surface area contributed by atoms with Gasteiger partial charge in [0.2, 0.25) is 0 Å². The number of carboxylic acids is 1. The molecule has 0 aromatic rings. The molecule has 1 heterocycles. The van der Waals surface area contributed by atoms with Crippen molar-refractivity contribution in [3.63, 3.8) is 0 Å². The average Bonchev–Trinajstić information content (AvgIpc) is 1.99. The van der Waals surface area contributed by atoms with Gasteiger partial charge in [-0.3, -0.25) is 0 Å². The first-order valence-electron chi connectivity index (χ1n) is 3.91. The summed E-state index contributed by atoms with van der Waals surface area (Å²) in [5.41, 5.74) is -0.792. The molecule has 12 heavy (non-hydrogen) atoms. The molecule has 1 aliphatic heterocycles. The smallest absolute Gasteiger partial charge is 0.334 e. The van der Waals surface area contributed by atoms with Crippen molar-refractivity contribution in [2.75, 3.05) is 0 Å². The molecule has 0 saturated carbocycles. The highest BCUT2D eigenvalue weighted by molar-refractivity contribution is 5.89. The van der Waals surface area contributed by atoms with Crippen LogP contribution in [0.1, 0.15) is 27.7 Å². The topological polar surface area (TPSA) is 46.5 Å². The molecule has 3 heteroatoms. The van der Waals surface area contributed by atoms with Crippen molar-refractivity contribution in [2.45, 2.75) is 38.9 Å². The zero-order valence-electron chi connectivity index (χ0n) is 7.84. The first-order valence-corrected chi connectivity index (χ1v) is 3.91. The van der Waals surface area contributed by atoms with Crippen LogP contribution in [0.3, 0.4) is 0 Å². The van der Waals surface area contributed by atoms with E-state index in [0.29, 0.717) is 5.57 Å². The minimum Gasteiger partial charge on any atom is -0.478 e. The largest absolute Gasteiger partial charge is 0.478 e. The van der Waals surface area contributed by atoms with Gasteiger partial charge < -0.3 is 9.84 Å². The van der Waals surface area contributed by atoms with Crippen LogP contribution in [0.5, 0.6) is 0 Å². The SMILES string of the molecule is CC1(C)C=C(C(=O)O)C(C)(C)O1. The Morgan fingerprint density at radius 3 is 2.08 bits per heavy atom. The lowest BCUT2D eigenvalue weighted by Crippen LogP contribution is -2.31. The summed E-state index contributed by atoms with van der Waals surface area (Å²) in [5, 5.41) is 8.83. The zero-order valence-corrected chi connectivity index (χ0v) is 7.84. The van der Waals surface area contributed by atoms with Gasteiger partial charge in [0.1, 0.15) is 0 Å². The third-order valence-corrected chi connectivity index (χ3v) is 1.89. The van der Waals surface area contributed by atoms with E-state index >= 15 is 0 Å². The molecule has 0 spiro atoms. The molecule has 1 N–H and O–H groups in total. The van der Waals surface area contributed by atoms with Crippen LogP contribution in [0.25, 0.3) is 0 Å². The van der Waals surface area contributed by atoms with E-state index in [1.807, 2.05) is 13.8 Å². The molecule has 0 aliphatic carbocycles. The summed E-state index contributed by atoms with van der Waals surface area (Å²) in [4.78, 5) is 10.8. The van der Waals surface area contributed by atoms with Crippen LogP contribution >= 0.6 is 0 Å². The molecule has 0 fully saturated rings. The van der Waals surface area contributed by atoms with Gasteiger partial charge in [-0.15, -0.1) is 0 Å². The Labute approximate surface area is 72.0 Å². The molecular formula is C9H14O3. The van der Waals surface area contributed by atoms with Gasteiger partial charge in [-0.05, 0) is 33.8 Å². The number of hydrogen-bond acceptors (Lipinski definition) is 2. The minimum atomic E-state index is -0.898. The molecule has 0 unspecified atom stereocenters. The van der Waals surface area contributed by atoms with Crippen LogP contribution in [0.15, 0.2) is 11.6 Å². The van der Waals surface area contributed by atoms with Crippen molar-refractivity contribution >= 4 is 5.97 Å². The predicted molar refractivity (Wildman–Crippen MR) is 45.0 cm³/mol. The Hall–Kier alpha value is -0.830. The monoisotopic (exact) mass is 170 g/mol. The fourth-order valence-corrected chi connectivity index (χ4v) is 1.58. The second-order valence-corrected chi connectivity index (χ2v) is 4.08. The molecule has 0 amide bonds. The van der Waals surface area contributed by atoms with Crippen molar-refractivity contribution in [2.24, 2.45) is 0 Å². The quantitative estimate of drug-likeness (QED) is 0.650. The highest BCUT2D eigenvalue weighted by Gasteiger charge is 2.41. The lowest BCUT2D eigenvalue weighted by molar-refractivity contribution is -0.135. The summed E-state index contributed by atoms with van der Waals surface area (Å²) in [6.07, 6.45) is 1.66. The summed E-state index contributed by atoms with van der Waals surface area (Å²) in [7, 11) is 0. The molecule has 0 bridgehead atoms. The third kappa shape index (κ3) is 1.50. The molecule has 0 aromatic carbocycles. The maximum atomic E-state index is 10.8. The fraction of sp³-hybridized carbons (Fsp3) is 0.667. The van der Waals surface area contributed by atoms with Gasteiger partial charge in [0, 0.05) is 0 Å². The Morgan fingerprint density at radius 1 is 1.42 bits per heavy atom. The standard InChI is InChI=1S/C9H14O3/c1-8(2)5-6(7(10)11)9(3,4)12-8/h5H,1-4H3,(H,10,11). The van der Waals surface area contributed by atoms with E-state index in [1.54, 1.807) is 19.9 Å². The Kier molecular flexibility index (Phi) is 1.80. The maximum absolute atomic E-state index is 10.8. The molecule has 1 aliphatic rings. The highest BCUT2D eigenvalue weighted by Crippen LogP contribution is 2.36. The molecule has 3 nitrogen and oxygen atoms in total. The van der Waals surface area contributed by atoms with Gasteiger partial charge in [0.05, 0.1) is 16.8 Å². The second kappa shape index (κ2) is 2.33. The number of aliphatic carboxylic acids is 1. The van der Waals surface area contributed by atoms with Gasteiger partial charge >= 0.3 is 5.97 Å².